The number of aromatic carboxylic acids is 1. The van der Waals surface area contributed by atoms with Crippen molar-refractivity contribution in [2.24, 2.45) is 0 Å². The van der Waals surface area contributed by atoms with Crippen LogP contribution in [0.15, 0.2) is 23.4 Å². The lowest BCUT2D eigenvalue weighted by Gasteiger charge is -2.05. The summed E-state index contributed by atoms with van der Waals surface area (Å²) in [4.78, 5) is 24.9. The van der Waals surface area contributed by atoms with Crippen LogP contribution in [0.4, 0.5) is 0 Å². The lowest BCUT2D eigenvalue weighted by atomic mass is 10.3. The third kappa shape index (κ3) is 4.30. The Balaban J connectivity index is 2.72. The van der Waals surface area contributed by atoms with Gasteiger partial charge in [0.25, 0.3) is 10.0 Å². The number of carbonyl (C=O) groups excluding carboxylic acids is 1. The zero-order chi connectivity index (χ0) is 14.5. The first kappa shape index (κ1) is 15.1. The summed E-state index contributed by atoms with van der Waals surface area (Å²) in [6.07, 6.45) is 0.833. The van der Waals surface area contributed by atoms with E-state index in [-0.39, 0.29) is 23.6 Å². The molecule has 0 fully saturated rings. The van der Waals surface area contributed by atoms with Crippen molar-refractivity contribution in [3.8, 4) is 0 Å². The number of carboxylic acid groups (broad SMARTS) is 1. The average Bonchev–Trinajstić information content (AvgIpc) is 2.38. The highest BCUT2D eigenvalue weighted by atomic mass is 32.2. The minimum atomic E-state index is -3.87. The normalized spacial score (nSPS) is 11.0. The molecule has 0 radical (unpaired) electrons. The van der Waals surface area contributed by atoms with Gasteiger partial charge in [0.1, 0.15) is 0 Å². The van der Waals surface area contributed by atoms with Crippen LogP contribution in [0.3, 0.4) is 0 Å². The molecule has 0 aliphatic carbocycles. The summed E-state index contributed by atoms with van der Waals surface area (Å²) in [7, 11) is -2.67. The largest absolute Gasteiger partial charge is 0.478 e. The molecule has 0 unspecified atom stereocenters. The van der Waals surface area contributed by atoms with Crippen molar-refractivity contribution in [2.45, 2.75) is 11.4 Å². The first-order valence-corrected chi connectivity index (χ1v) is 6.61. The smallest absolute Gasteiger partial charge is 0.337 e. The first-order chi connectivity index (χ1) is 8.86. The van der Waals surface area contributed by atoms with Crippen LogP contribution >= 0.6 is 0 Å². The number of pyridine rings is 1. The first-order valence-electron chi connectivity index (χ1n) is 5.12. The number of ether oxygens (including phenoxy) is 1. The number of aromatic nitrogens is 1. The topological polar surface area (TPSA) is 123 Å². The van der Waals surface area contributed by atoms with Crippen molar-refractivity contribution in [1.29, 1.82) is 0 Å². The number of sulfonamides is 1. The average molecular weight is 288 g/mol. The summed E-state index contributed by atoms with van der Waals surface area (Å²) in [6.45, 7) is -0.128. The summed E-state index contributed by atoms with van der Waals surface area (Å²) in [5.41, 5.74) is -0.117. The summed E-state index contributed by atoms with van der Waals surface area (Å²) < 4.78 is 29.9. The molecule has 0 aliphatic rings. The number of hydrogen-bond donors (Lipinski definition) is 2. The maximum Gasteiger partial charge on any atom is 0.337 e. The van der Waals surface area contributed by atoms with Gasteiger partial charge in [0.05, 0.1) is 19.1 Å². The maximum atomic E-state index is 11.7. The SMILES string of the molecule is COC(=O)CCNS(=O)(=O)c1ccc(C(=O)O)cn1. The Hall–Kier alpha value is -2.00. The van der Waals surface area contributed by atoms with Crippen molar-refractivity contribution in [1.82, 2.24) is 9.71 Å². The highest BCUT2D eigenvalue weighted by Crippen LogP contribution is 2.06. The van der Waals surface area contributed by atoms with Crippen LogP contribution < -0.4 is 4.72 Å². The van der Waals surface area contributed by atoms with Gasteiger partial charge in [-0.1, -0.05) is 0 Å². The Morgan fingerprint density at radius 2 is 2.11 bits per heavy atom. The predicted octanol–water partition coefficient (Wildman–Crippen LogP) is -0.379. The summed E-state index contributed by atoms with van der Waals surface area (Å²) in [5.74, 6) is -1.74. The van der Waals surface area contributed by atoms with Crippen molar-refractivity contribution in [2.75, 3.05) is 13.7 Å². The third-order valence-electron chi connectivity index (χ3n) is 2.11. The van der Waals surface area contributed by atoms with Crippen molar-refractivity contribution >= 4 is 22.0 Å². The number of rotatable bonds is 6. The molecule has 0 aromatic carbocycles. The number of nitrogens with one attached hydrogen (secondary N) is 1. The highest BCUT2D eigenvalue weighted by molar-refractivity contribution is 7.89. The van der Waals surface area contributed by atoms with Gasteiger partial charge in [-0.25, -0.2) is 22.9 Å². The number of esters is 1. The fourth-order valence-electron chi connectivity index (χ4n) is 1.13. The van der Waals surface area contributed by atoms with Gasteiger partial charge in [-0.15, -0.1) is 0 Å². The highest BCUT2D eigenvalue weighted by Gasteiger charge is 2.16. The molecule has 1 heterocycles. The minimum Gasteiger partial charge on any atom is -0.478 e. The summed E-state index contributed by atoms with van der Waals surface area (Å²) in [6, 6.07) is 2.20. The monoisotopic (exact) mass is 288 g/mol. The van der Waals surface area contributed by atoms with Crippen LogP contribution in [-0.2, 0) is 19.6 Å². The van der Waals surface area contributed by atoms with E-state index in [0.29, 0.717) is 0 Å². The quantitative estimate of drug-likeness (QED) is 0.684. The van der Waals surface area contributed by atoms with E-state index in [2.05, 4.69) is 14.4 Å². The van der Waals surface area contributed by atoms with Crippen molar-refractivity contribution in [3.05, 3.63) is 23.9 Å². The molecule has 1 rings (SSSR count). The fourth-order valence-corrected chi connectivity index (χ4v) is 2.09. The number of methoxy groups -OCH3 is 1. The van der Waals surface area contributed by atoms with Crippen LogP contribution in [-0.4, -0.2) is 44.1 Å². The van der Waals surface area contributed by atoms with Gasteiger partial charge in [0, 0.05) is 12.7 Å². The Labute approximate surface area is 109 Å². The second-order valence-electron chi connectivity index (χ2n) is 3.41. The molecule has 0 bridgehead atoms. The van der Waals surface area contributed by atoms with E-state index in [1.807, 2.05) is 0 Å². The van der Waals surface area contributed by atoms with Gasteiger partial charge in [-0.2, -0.15) is 0 Å². The second kappa shape index (κ2) is 6.25. The molecule has 9 heteroatoms. The number of hydrogen-bond acceptors (Lipinski definition) is 6. The van der Waals surface area contributed by atoms with Crippen molar-refractivity contribution < 1.29 is 27.9 Å². The second-order valence-corrected chi connectivity index (χ2v) is 5.13. The standard InChI is InChI=1S/C10H12N2O6S/c1-18-9(13)4-5-12-19(16,17)8-3-2-7(6-11-8)10(14)15/h2-3,6,12H,4-5H2,1H3,(H,14,15). The zero-order valence-corrected chi connectivity index (χ0v) is 10.8. The Morgan fingerprint density at radius 1 is 1.42 bits per heavy atom. The van der Waals surface area contributed by atoms with Crippen LogP contribution in [0, 0.1) is 0 Å². The number of carboxylic acids is 1. The Kier molecular flexibility index (Phi) is 4.95. The molecule has 8 nitrogen and oxygen atoms in total. The Morgan fingerprint density at radius 3 is 2.58 bits per heavy atom. The molecular formula is C10H12N2O6S. The molecule has 0 spiro atoms. The van der Waals surface area contributed by atoms with Gasteiger partial charge in [0.15, 0.2) is 5.03 Å². The van der Waals surface area contributed by atoms with Crippen LogP contribution in [0.1, 0.15) is 16.8 Å². The van der Waals surface area contributed by atoms with Crippen molar-refractivity contribution in [3.63, 3.8) is 0 Å². The van der Waals surface area contributed by atoms with Gasteiger partial charge < -0.3 is 9.84 Å². The van der Waals surface area contributed by atoms with E-state index in [0.717, 1.165) is 18.3 Å². The molecule has 0 saturated carbocycles. The summed E-state index contributed by atoms with van der Waals surface area (Å²) >= 11 is 0. The molecule has 2 N–H and O–H groups in total. The molecule has 104 valence electrons. The van der Waals surface area contributed by atoms with E-state index in [1.165, 1.54) is 7.11 Å². The fraction of sp³-hybridized carbons (Fsp3) is 0.300. The van der Waals surface area contributed by atoms with E-state index in [4.69, 9.17) is 5.11 Å². The van der Waals surface area contributed by atoms with E-state index < -0.39 is 22.0 Å². The van der Waals surface area contributed by atoms with Crippen LogP contribution in [0.2, 0.25) is 0 Å². The molecule has 0 aliphatic heterocycles. The van der Waals surface area contributed by atoms with E-state index >= 15 is 0 Å². The molecule has 19 heavy (non-hydrogen) atoms. The van der Waals surface area contributed by atoms with Gasteiger partial charge >= 0.3 is 11.9 Å². The van der Waals surface area contributed by atoms with E-state index in [1.54, 1.807) is 0 Å². The number of carbonyl (C=O) groups is 2. The van der Waals surface area contributed by atoms with Gasteiger partial charge in [-0.3, -0.25) is 4.79 Å². The molecule has 0 amide bonds. The van der Waals surface area contributed by atoms with Crippen LogP contribution in [0.25, 0.3) is 0 Å². The lowest BCUT2D eigenvalue weighted by molar-refractivity contribution is -0.140. The zero-order valence-electron chi connectivity index (χ0n) is 9.99. The maximum absolute atomic E-state index is 11.7. The van der Waals surface area contributed by atoms with Crippen LogP contribution in [0.5, 0.6) is 0 Å². The summed E-state index contributed by atoms with van der Waals surface area (Å²) in [5, 5.41) is 8.33. The van der Waals surface area contributed by atoms with Gasteiger partial charge in [-0.05, 0) is 12.1 Å². The third-order valence-corrected chi connectivity index (χ3v) is 3.48. The predicted molar refractivity (Wildman–Crippen MR) is 63.0 cm³/mol. The molecular weight excluding hydrogens is 276 g/mol. The molecule has 1 aromatic heterocycles. The van der Waals surface area contributed by atoms with Gasteiger partial charge in [0.2, 0.25) is 0 Å². The lowest BCUT2D eigenvalue weighted by Crippen LogP contribution is -2.27. The molecule has 0 saturated heterocycles. The Bertz CT molecular complexity index is 566. The van der Waals surface area contributed by atoms with E-state index in [9.17, 15) is 18.0 Å². The molecule has 1 aromatic rings. The molecule has 0 atom stereocenters. The number of nitrogens with zero attached hydrogens (tertiary/aromatic N) is 1. The minimum absolute atomic E-state index is 0.108.